The number of hydrogen-bond donors (Lipinski definition) is 0. The largest absolute Gasteiger partial charge is 0.435 e. The van der Waals surface area contributed by atoms with Crippen LogP contribution in [0.25, 0.3) is 101 Å². The molecular weight excluding hydrogens is 665 g/mol. The van der Waals surface area contributed by atoms with Gasteiger partial charge in [0.05, 0.1) is 27.6 Å². The molecule has 0 unspecified atom stereocenters. The summed E-state index contributed by atoms with van der Waals surface area (Å²) >= 11 is 0. The van der Waals surface area contributed by atoms with Crippen LogP contribution in [-0.4, -0.2) is 29.1 Å². The van der Waals surface area contributed by atoms with Crippen molar-refractivity contribution >= 4 is 54.7 Å². The van der Waals surface area contributed by atoms with E-state index in [2.05, 4.69) is 125 Å². The fourth-order valence-corrected chi connectivity index (χ4v) is 7.88. The Bertz CT molecular complexity index is 3230. The molecule has 0 saturated heterocycles. The van der Waals surface area contributed by atoms with Crippen LogP contribution < -0.4 is 0 Å². The molecule has 0 spiro atoms. The second kappa shape index (κ2) is 11.8. The molecule has 0 saturated carbocycles. The number of aryl methyl sites for hydroxylation is 1. The maximum absolute atomic E-state index is 6.51. The van der Waals surface area contributed by atoms with Gasteiger partial charge < -0.3 is 8.98 Å². The Morgan fingerprint density at radius 3 is 1.81 bits per heavy atom. The number of nitrogens with zero attached hydrogens (tertiary/aromatic N) is 6. The maximum Gasteiger partial charge on any atom is 0.238 e. The van der Waals surface area contributed by atoms with Crippen molar-refractivity contribution in [1.29, 1.82) is 0 Å². The quantitative estimate of drug-likeness (QED) is 0.179. The summed E-state index contributed by atoms with van der Waals surface area (Å²) in [5.74, 6) is 2.13. The lowest BCUT2D eigenvalue weighted by atomic mass is 10.1. The van der Waals surface area contributed by atoms with E-state index >= 15 is 0 Å². The lowest BCUT2D eigenvalue weighted by Crippen LogP contribution is -2.07. The van der Waals surface area contributed by atoms with Crippen LogP contribution >= 0.6 is 0 Å². The molecule has 0 aliphatic rings. The van der Waals surface area contributed by atoms with E-state index in [0.29, 0.717) is 29.1 Å². The summed E-state index contributed by atoms with van der Waals surface area (Å²) in [7, 11) is 0. The normalized spacial score (nSPS) is 11.8. The molecule has 0 N–H and O–H groups in total. The first-order valence-corrected chi connectivity index (χ1v) is 18.0. The number of aromatic nitrogens is 6. The molecule has 254 valence electrons. The standard InChI is InChI=1S/C47H30N6O/c1-29-14-12-17-31(28-29)44-49-45(37-22-13-23-38-43(37)54-46(48-38)30-15-4-2-5-16-30)51-47(50-44)53-40-25-11-9-21-34(40)36-27-26-35-33-20-8-10-24-39(33)52(41(35)42(36)53)32-18-6-3-7-19-32/h2-28H,1H3. The Morgan fingerprint density at radius 2 is 1.07 bits per heavy atom. The first-order valence-electron chi connectivity index (χ1n) is 18.0. The van der Waals surface area contributed by atoms with Crippen molar-refractivity contribution in [1.82, 2.24) is 29.1 Å². The summed E-state index contributed by atoms with van der Waals surface area (Å²) < 4.78 is 11.1. The van der Waals surface area contributed by atoms with Gasteiger partial charge in [-0.05, 0) is 61.5 Å². The second-order valence-electron chi connectivity index (χ2n) is 13.6. The number of oxazole rings is 1. The second-order valence-corrected chi connectivity index (χ2v) is 13.6. The first kappa shape index (κ1) is 30.3. The minimum Gasteiger partial charge on any atom is -0.435 e. The molecule has 4 heterocycles. The van der Waals surface area contributed by atoms with Crippen LogP contribution in [-0.2, 0) is 0 Å². The molecule has 54 heavy (non-hydrogen) atoms. The Balaban J connectivity index is 1.27. The van der Waals surface area contributed by atoms with Crippen molar-refractivity contribution < 1.29 is 4.42 Å². The van der Waals surface area contributed by atoms with Crippen molar-refractivity contribution in [3.05, 3.63) is 169 Å². The van der Waals surface area contributed by atoms with E-state index in [1.54, 1.807) is 0 Å². The van der Waals surface area contributed by atoms with Gasteiger partial charge in [0, 0.05) is 38.4 Å². The van der Waals surface area contributed by atoms with E-state index in [-0.39, 0.29) is 0 Å². The first-order chi connectivity index (χ1) is 26.7. The molecule has 0 atom stereocenters. The molecule has 7 nitrogen and oxygen atoms in total. The van der Waals surface area contributed by atoms with Gasteiger partial charge in [0.1, 0.15) is 5.52 Å². The fraction of sp³-hybridized carbons (Fsp3) is 0.0213. The van der Waals surface area contributed by atoms with Gasteiger partial charge in [-0.3, -0.25) is 4.57 Å². The van der Waals surface area contributed by atoms with Gasteiger partial charge >= 0.3 is 0 Å². The van der Waals surface area contributed by atoms with Crippen molar-refractivity contribution in [2.75, 3.05) is 0 Å². The number of hydrogen-bond acceptors (Lipinski definition) is 5. The fourth-order valence-electron chi connectivity index (χ4n) is 7.88. The zero-order chi connectivity index (χ0) is 35.8. The molecule has 7 heteroatoms. The number of rotatable bonds is 5. The predicted molar refractivity (Wildman–Crippen MR) is 217 cm³/mol. The molecule has 11 aromatic rings. The lowest BCUT2D eigenvalue weighted by molar-refractivity contribution is 0.620. The lowest BCUT2D eigenvalue weighted by Gasteiger charge is -2.13. The zero-order valence-electron chi connectivity index (χ0n) is 29.2. The molecule has 11 rings (SSSR count). The monoisotopic (exact) mass is 694 g/mol. The van der Waals surface area contributed by atoms with E-state index in [0.717, 1.165) is 71.7 Å². The molecule has 0 radical (unpaired) electrons. The van der Waals surface area contributed by atoms with Crippen LogP contribution in [0.1, 0.15) is 5.56 Å². The minimum atomic E-state index is 0.500. The summed E-state index contributed by atoms with van der Waals surface area (Å²) in [6.45, 7) is 2.08. The van der Waals surface area contributed by atoms with Gasteiger partial charge in [-0.1, -0.05) is 115 Å². The molecule has 0 aliphatic heterocycles. The van der Waals surface area contributed by atoms with Crippen LogP contribution in [0, 0.1) is 6.92 Å². The van der Waals surface area contributed by atoms with Crippen LogP contribution in [0.3, 0.4) is 0 Å². The van der Waals surface area contributed by atoms with E-state index in [1.165, 1.54) is 5.39 Å². The molecular formula is C47H30N6O. The highest BCUT2D eigenvalue weighted by Crippen LogP contribution is 2.42. The Kier molecular flexibility index (Phi) is 6.63. The minimum absolute atomic E-state index is 0.500. The van der Waals surface area contributed by atoms with Crippen molar-refractivity contribution in [2.24, 2.45) is 0 Å². The molecule has 0 bridgehead atoms. The number of benzene rings is 7. The topological polar surface area (TPSA) is 74.6 Å². The van der Waals surface area contributed by atoms with E-state index in [4.69, 9.17) is 24.4 Å². The van der Waals surface area contributed by atoms with Gasteiger partial charge in [-0.25, -0.2) is 9.97 Å². The smallest absolute Gasteiger partial charge is 0.238 e. The van der Waals surface area contributed by atoms with Crippen LogP contribution in [0.2, 0.25) is 0 Å². The highest BCUT2D eigenvalue weighted by atomic mass is 16.3. The van der Waals surface area contributed by atoms with Crippen molar-refractivity contribution in [2.45, 2.75) is 6.92 Å². The van der Waals surface area contributed by atoms with E-state index < -0.39 is 0 Å². The van der Waals surface area contributed by atoms with Crippen molar-refractivity contribution in [3.63, 3.8) is 0 Å². The van der Waals surface area contributed by atoms with E-state index in [9.17, 15) is 0 Å². The van der Waals surface area contributed by atoms with Crippen molar-refractivity contribution in [3.8, 4) is 45.9 Å². The highest BCUT2D eigenvalue weighted by molar-refractivity contribution is 6.23. The Morgan fingerprint density at radius 1 is 0.463 bits per heavy atom. The third-order valence-corrected chi connectivity index (χ3v) is 10.3. The average Bonchev–Trinajstić information content (AvgIpc) is 3.92. The van der Waals surface area contributed by atoms with Crippen LogP contribution in [0.15, 0.2) is 168 Å². The molecule has 0 amide bonds. The molecule has 7 aromatic carbocycles. The van der Waals surface area contributed by atoms with Crippen LogP contribution in [0.5, 0.6) is 0 Å². The summed E-state index contributed by atoms with van der Waals surface area (Å²) in [5.41, 5.74) is 10.3. The number of para-hydroxylation sites is 4. The Hall–Kier alpha value is -7.38. The average molecular weight is 695 g/mol. The molecule has 0 aliphatic carbocycles. The number of fused-ring (bicyclic) bond motifs is 8. The van der Waals surface area contributed by atoms with Gasteiger partial charge in [-0.15, -0.1) is 0 Å². The summed E-state index contributed by atoms with van der Waals surface area (Å²) in [6.07, 6.45) is 0. The molecule has 4 aromatic heterocycles. The van der Waals surface area contributed by atoms with Crippen LogP contribution in [0.4, 0.5) is 0 Å². The third kappa shape index (κ3) is 4.62. The maximum atomic E-state index is 6.51. The third-order valence-electron chi connectivity index (χ3n) is 10.3. The Labute approximate surface area is 309 Å². The zero-order valence-corrected chi connectivity index (χ0v) is 29.2. The SMILES string of the molecule is Cc1cccc(-c2nc(-c3cccc4nc(-c5ccccc5)oc34)nc(-n3c4ccccc4c4ccc5c6ccccc6n(-c6ccccc6)c5c43)n2)c1. The van der Waals surface area contributed by atoms with Gasteiger partial charge in [0.25, 0.3) is 0 Å². The highest BCUT2D eigenvalue weighted by Gasteiger charge is 2.24. The summed E-state index contributed by atoms with van der Waals surface area (Å²) in [4.78, 5) is 20.6. The summed E-state index contributed by atoms with van der Waals surface area (Å²) in [6, 6.07) is 56.3. The molecule has 0 fully saturated rings. The van der Waals surface area contributed by atoms with Gasteiger partial charge in [0.15, 0.2) is 17.2 Å². The van der Waals surface area contributed by atoms with E-state index in [1.807, 2.05) is 54.6 Å². The van der Waals surface area contributed by atoms with Gasteiger partial charge in [0.2, 0.25) is 11.8 Å². The predicted octanol–water partition coefficient (Wildman–Crippen LogP) is 11.5. The summed E-state index contributed by atoms with van der Waals surface area (Å²) in [5, 5.41) is 4.56. The van der Waals surface area contributed by atoms with Gasteiger partial charge in [-0.2, -0.15) is 9.97 Å².